The van der Waals surface area contributed by atoms with E-state index >= 15 is 0 Å². The zero-order valence-corrected chi connectivity index (χ0v) is 11.2. The first-order chi connectivity index (χ1) is 8.13. The fourth-order valence-electron chi connectivity index (χ4n) is 1.81. The van der Waals surface area contributed by atoms with E-state index in [1.807, 2.05) is 19.2 Å². The lowest BCUT2D eigenvalue weighted by Gasteiger charge is -2.10. The highest BCUT2D eigenvalue weighted by molar-refractivity contribution is 7.18. The normalized spacial score (nSPS) is 13.5. The largest absolute Gasteiger partial charge is 0.387 e. The number of aliphatic hydroxyl groups is 1. The van der Waals surface area contributed by atoms with Crippen LogP contribution in [-0.4, -0.2) is 23.7 Å². The molecule has 1 heterocycles. The second-order valence-corrected chi connectivity index (χ2v) is 5.54. The molecule has 2 N–H and O–H groups in total. The Kier molecular flexibility index (Phi) is 3.76. The standard InChI is InChI=1S/C13H18N2OS/c1-8(2)13-15-12-9(10(16)7-14-3)5-4-6-11(12)17-13/h4-6,8,10,14,16H,7H2,1-3H3. The maximum atomic E-state index is 10.1. The maximum absolute atomic E-state index is 10.1. The summed E-state index contributed by atoms with van der Waals surface area (Å²) < 4.78 is 1.15. The van der Waals surface area contributed by atoms with Crippen LogP contribution in [0.4, 0.5) is 0 Å². The van der Waals surface area contributed by atoms with Gasteiger partial charge < -0.3 is 10.4 Å². The van der Waals surface area contributed by atoms with E-state index in [9.17, 15) is 5.11 Å². The van der Waals surface area contributed by atoms with E-state index in [-0.39, 0.29) is 0 Å². The minimum Gasteiger partial charge on any atom is -0.387 e. The van der Waals surface area contributed by atoms with Crippen molar-refractivity contribution in [2.45, 2.75) is 25.9 Å². The average molecular weight is 250 g/mol. The SMILES string of the molecule is CNCC(O)c1cccc2sc(C(C)C)nc12. The number of nitrogens with zero attached hydrogens (tertiary/aromatic N) is 1. The lowest BCUT2D eigenvalue weighted by atomic mass is 10.1. The molecule has 0 saturated heterocycles. The molecular weight excluding hydrogens is 232 g/mol. The molecule has 1 atom stereocenters. The molecule has 0 radical (unpaired) electrons. The van der Waals surface area contributed by atoms with Gasteiger partial charge in [-0.25, -0.2) is 4.98 Å². The van der Waals surface area contributed by atoms with E-state index in [2.05, 4.69) is 30.2 Å². The van der Waals surface area contributed by atoms with Crippen molar-refractivity contribution in [3.63, 3.8) is 0 Å². The van der Waals surface area contributed by atoms with Gasteiger partial charge >= 0.3 is 0 Å². The predicted octanol–water partition coefficient (Wildman–Crippen LogP) is 2.67. The van der Waals surface area contributed by atoms with Gasteiger partial charge in [0.15, 0.2) is 0 Å². The lowest BCUT2D eigenvalue weighted by molar-refractivity contribution is 0.179. The zero-order valence-electron chi connectivity index (χ0n) is 10.4. The zero-order chi connectivity index (χ0) is 12.4. The fraction of sp³-hybridized carbons (Fsp3) is 0.462. The number of benzene rings is 1. The Morgan fingerprint density at radius 2 is 2.18 bits per heavy atom. The number of thiazole rings is 1. The maximum Gasteiger partial charge on any atom is 0.0964 e. The van der Waals surface area contributed by atoms with Gasteiger partial charge in [-0.15, -0.1) is 11.3 Å². The van der Waals surface area contributed by atoms with Gasteiger partial charge in [0.05, 0.1) is 21.3 Å². The molecule has 92 valence electrons. The van der Waals surface area contributed by atoms with E-state index in [1.165, 1.54) is 0 Å². The molecule has 1 aromatic heterocycles. The molecule has 0 amide bonds. The summed E-state index contributed by atoms with van der Waals surface area (Å²) in [7, 11) is 1.84. The molecule has 0 bridgehead atoms. The van der Waals surface area contributed by atoms with E-state index in [1.54, 1.807) is 11.3 Å². The topological polar surface area (TPSA) is 45.1 Å². The number of nitrogens with one attached hydrogen (secondary N) is 1. The van der Waals surface area contributed by atoms with Crippen molar-refractivity contribution < 1.29 is 5.11 Å². The van der Waals surface area contributed by atoms with E-state index in [0.717, 1.165) is 20.8 Å². The molecule has 17 heavy (non-hydrogen) atoms. The average Bonchev–Trinajstić information content (AvgIpc) is 2.72. The summed E-state index contributed by atoms with van der Waals surface area (Å²) in [4.78, 5) is 4.65. The summed E-state index contributed by atoms with van der Waals surface area (Å²) in [6.07, 6.45) is -0.495. The van der Waals surface area contributed by atoms with Crippen molar-refractivity contribution in [1.29, 1.82) is 0 Å². The number of aromatic nitrogens is 1. The van der Waals surface area contributed by atoms with Gasteiger partial charge in [-0.1, -0.05) is 26.0 Å². The Morgan fingerprint density at radius 1 is 1.41 bits per heavy atom. The van der Waals surface area contributed by atoms with Crippen molar-refractivity contribution in [2.24, 2.45) is 0 Å². The lowest BCUT2D eigenvalue weighted by Crippen LogP contribution is -2.16. The highest BCUT2D eigenvalue weighted by Crippen LogP contribution is 2.31. The molecular formula is C13H18N2OS. The fourth-order valence-corrected chi connectivity index (χ4v) is 2.81. The minimum atomic E-state index is -0.495. The van der Waals surface area contributed by atoms with Gasteiger partial charge in [0.25, 0.3) is 0 Å². The highest BCUT2D eigenvalue weighted by Gasteiger charge is 2.15. The van der Waals surface area contributed by atoms with Crippen molar-refractivity contribution in [2.75, 3.05) is 13.6 Å². The highest BCUT2D eigenvalue weighted by atomic mass is 32.1. The second kappa shape index (κ2) is 5.12. The molecule has 1 unspecified atom stereocenters. The molecule has 0 aliphatic heterocycles. The number of rotatable bonds is 4. The van der Waals surface area contributed by atoms with Crippen LogP contribution in [0.1, 0.15) is 36.4 Å². The summed E-state index contributed by atoms with van der Waals surface area (Å²) in [6, 6.07) is 6.00. The molecule has 2 rings (SSSR count). The van der Waals surface area contributed by atoms with Crippen LogP contribution < -0.4 is 5.32 Å². The molecule has 0 aliphatic carbocycles. The molecule has 0 aliphatic rings. The molecule has 1 aromatic carbocycles. The van der Waals surface area contributed by atoms with Gasteiger partial charge in [-0.2, -0.15) is 0 Å². The molecule has 4 heteroatoms. The second-order valence-electron chi connectivity index (χ2n) is 4.47. The van der Waals surface area contributed by atoms with Crippen LogP contribution in [0.2, 0.25) is 0 Å². The van der Waals surface area contributed by atoms with Crippen molar-refractivity contribution in [3.8, 4) is 0 Å². The van der Waals surface area contributed by atoms with Crippen LogP contribution in [0, 0.1) is 0 Å². The molecule has 3 nitrogen and oxygen atoms in total. The molecule has 0 fully saturated rings. The number of hydrogen-bond donors (Lipinski definition) is 2. The first-order valence-corrected chi connectivity index (χ1v) is 6.67. The third-order valence-corrected chi connectivity index (χ3v) is 4.04. The van der Waals surface area contributed by atoms with Crippen LogP contribution in [0.25, 0.3) is 10.2 Å². The van der Waals surface area contributed by atoms with Gasteiger partial charge in [-0.05, 0) is 13.1 Å². The van der Waals surface area contributed by atoms with E-state index in [0.29, 0.717) is 12.5 Å². The van der Waals surface area contributed by atoms with Crippen LogP contribution in [-0.2, 0) is 0 Å². The van der Waals surface area contributed by atoms with Crippen molar-refractivity contribution in [3.05, 3.63) is 28.8 Å². The van der Waals surface area contributed by atoms with Gasteiger partial charge in [0.1, 0.15) is 0 Å². The molecule has 2 aromatic rings. The number of hydrogen-bond acceptors (Lipinski definition) is 4. The summed E-state index contributed by atoms with van der Waals surface area (Å²) in [5, 5.41) is 14.2. The number of para-hydroxylation sites is 1. The summed E-state index contributed by atoms with van der Waals surface area (Å²) in [5.41, 5.74) is 1.86. The van der Waals surface area contributed by atoms with Gasteiger partial charge in [0.2, 0.25) is 0 Å². The Bertz CT molecular complexity index is 507. The molecule has 0 spiro atoms. The Labute approximate surface area is 106 Å². The first-order valence-electron chi connectivity index (χ1n) is 5.85. The van der Waals surface area contributed by atoms with E-state index in [4.69, 9.17) is 0 Å². The minimum absolute atomic E-state index is 0.432. The van der Waals surface area contributed by atoms with Crippen LogP contribution >= 0.6 is 11.3 Å². The smallest absolute Gasteiger partial charge is 0.0964 e. The van der Waals surface area contributed by atoms with Crippen LogP contribution in [0.5, 0.6) is 0 Å². The third-order valence-electron chi connectivity index (χ3n) is 2.72. The summed E-state index contributed by atoms with van der Waals surface area (Å²) >= 11 is 1.71. The van der Waals surface area contributed by atoms with Crippen molar-refractivity contribution in [1.82, 2.24) is 10.3 Å². The Balaban J connectivity index is 2.49. The van der Waals surface area contributed by atoms with Crippen LogP contribution in [0.3, 0.4) is 0 Å². The number of likely N-dealkylation sites (N-methyl/N-ethyl adjacent to an activating group) is 1. The number of fused-ring (bicyclic) bond motifs is 1. The van der Waals surface area contributed by atoms with E-state index < -0.39 is 6.10 Å². The van der Waals surface area contributed by atoms with Gasteiger partial charge in [-0.3, -0.25) is 0 Å². The Hall–Kier alpha value is -0.970. The summed E-state index contributed by atoms with van der Waals surface area (Å²) in [5.74, 6) is 0.432. The number of aliphatic hydroxyl groups excluding tert-OH is 1. The Morgan fingerprint density at radius 3 is 2.82 bits per heavy atom. The monoisotopic (exact) mass is 250 g/mol. The molecule has 0 saturated carbocycles. The van der Waals surface area contributed by atoms with Gasteiger partial charge in [0, 0.05) is 18.0 Å². The summed E-state index contributed by atoms with van der Waals surface area (Å²) in [6.45, 7) is 4.83. The van der Waals surface area contributed by atoms with Crippen LogP contribution in [0.15, 0.2) is 18.2 Å². The third kappa shape index (κ3) is 2.49. The van der Waals surface area contributed by atoms with Crippen molar-refractivity contribution >= 4 is 21.6 Å². The quantitative estimate of drug-likeness (QED) is 0.877. The first kappa shape index (κ1) is 12.5. The predicted molar refractivity (Wildman–Crippen MR) is 72.6 cm³/mol.